The topological polar surface area (TPSA) is 59.4 Å². The summed E-state index contributed by atoms with van der Waals surface area (Å²) >= 11 is 1.22. The molecule has 16 heavy (non-hydrogen) atoms. The van der Waals surface area contributed by atoms with Crippen LogP contribution in [0.3, 0.4) is 0 Å². The van der Waals surface area contributed by atoms with Crippen molar-refractivity contribution >= 4 is 17.3 Å². The summed E-state index contributed by atoms with van der Waals surface area (Å²) in [5, 5.41) is 9.77. The Morgan fingerprint density at radius 1 is 1.44 bits per heavy atom. The van der Waals surface area contributed by atoms with E-state index in [9.17, 15) is 4.79 Å². The summed E-state index contributed by atoms with van der Waals surface area (Å²) in [6.07, 6.45) is 2.57. The van der Waals surface area contributed by atoms with E-state index in [2.05, 4.69) is 4.98 Å². The molecule has 1 aromatic heterocycles. The highest BCUT2D eigenvalue weighted by molar-refractivity contribution is 7.13. The molecule has 0 aliphatic heterocycles. The molecular weight excluding hydrogens is 226 g/mol. The quantitative estimate of drug-likeness (QED) is 0.748. The maximum atomic E-state index is 11.0. The summed E-state index contributed by atoms with van der Waals surface area (Å²) in [5.74, 6) is -0.886. The fraction of sp³-hybridized carbons (Fsp3) is 0.636. The lowest BCUT2D eigenvalue weighted by Gasteiger charge is -1.97. The predicted molar refractivity (Wildman–Crippen MR) is 63.0 cm³/mol. The molecule has 0 bridgehead atoms. The molecule has 1 aromatic rings. The molecule has 0 fully saturated rings. The SMILES string of the molecule is CCCOCc1nc(CCC)c(C(=O)O)s1. The van der Waals surface area contributed by atoms with Gasteiger partial charge >= 0.3 is 5.97 Å². The number of aryl methyl sites for hydroxylation is 1. The molecule has 0 unspecified atom stereocenters. The van der Waals surface area contributed by atoms with Crippen LogP contribution in [0.2, 0.25) is 0 Å². The zero-order valence-electron chi connectivity index (χ0n) is 9.65. The molecule has 0 aromatic carbocycles. The lowest BCUT2D eigenvalue weighted by molar-refractivity contribution is 0.0700. The first-order valence-corrected chi connectivity index (χ1v) is 6.30. The van der Waals surface area contributed by atoms with Gasteiger partial charge in [-0.05, 0) is 12.8 Å². The van der Waals surface area contributed by atoms with Crippen LogP contribution < -0.4 is 0 Å². The van der Waals surface area contributed by atoms with Crippen LogP contribution in [0.1, 0.15) is 47.1 Å². The van der Waals surface area contributed by atoms with Crippen LogP contribution >= 0.6 is 11.3 Å². The van der Waals surface area contributed by atoms with Gasteiger partial charge < -0.3 is 9.84 Å². The van der Waals surface area contributed by atoms with Crippen molar-refractivity contribution in [2.75, 3.05) is 6.61 Å². The number of hydrogen-bond donors (Lipinski definition) is 1. The van der Waals surface area contributed by atoms with E-state index in [1.807, 2.05) is 13.8 Å². The highest BCUT2D eigenvalue weighted by Gasteiger charge is 2.16. The van der Waals surface area contributed by atoms with E-state index < -0.39 is 5.97 Å². The Morgan fingerprint density at radius 2 is 2.19 bits per heavy atom. The Bertz CT molecular complexity index is 349. The minimum absolute atomic E-state index is 0.358. The largest absolute Gasteiger partial charge is 0.477 e. The van der Waals surface area contributed by atoms with E-state index >= 15 is 0 Å². The molecule has 0 atom stereocenters. The molecule has 0 saturated heterocycles. The molecular formula is C11H17NO3S. The molecule has 5 heteroatoms. The van der Waals surface area contributed by atoms with Crippen LogP contribution in [-0.2, 0) is 17.8 Å². The summed E-state index contributed by atoms with van der Waals surface area (Å²) in [6.45, 7) is 5.15. The summed E-state index contributed by atoms with van der Waals surface area (Å²) in [7, 11) is 0. The molecule has 1 N–H and O–H groups in total. The lowest BCUT2D eigenvalue weighted by Crippen LogP contribution is -1.98. The second kappa shape index (κ2) is 6.60. The average Bonchev–Trinajstić information content (AvgIpc) is 2.62. The van der Waals surface area contributed by atoms with E-state index in [-0.39, 0.29) is 0 Å². The molecule has 0 spiro atoms. The highest BCUT2D eigenvalue weighted by Crippen LogP contribution is 2.20. The zero-order valence-corrected chi connectivity index (χ0v) is 10.5. The lowest BCUT2D eigenvalue weighted by atomic mass is 10.2. The van der Waals surface area contributed by atoms with Crippen LogP contribution in [0.15, 0.2) is 0 Å². The van der Waals surface area contributed by atoms with Gasteiger partial charge in [-0.1, -0.05) is 20.3 Å². The number of aromatic nitrogens is 1. The Hall–Kier alpha value is -0.940. The first-order valence-electron chi connectivity index (χ1n) is 5.48. The van der Waals surface area contributed by atoms with Gasteiger partial charge in [0.1, 0.15) is 9.88 Å². The van der Waals surface area contributed by atoms with Crippen LogP contribution in [-0.4, -0.2) is 22.7 Å². The van der Waals surface area contributed by atoms with E-state index in [1.54, 1.807) is 0 Å². The number of thiazole rings is 1. The highest BCUT2D eigenvalue weighted by atomic mass is 32.1. The maximum Gasteiger partial charge on any atom is 0.347 e. The van der Waals surface area contributed by atoms with Gasteiger partial charge in [-0.25, -0.2) is 9.78 Å². The summed E-state index contributed by atoms with van der Waals surface area (Å²) in [5.41, 5.74) is 0.690. The number of carbonyl (C=O) groups is 1. The van der Waals surface area contributed by atoms with E-state index in [1.165, 1.54) is 11.3 Å². The molecule has 0 aliphatic rings. The molecule has 90 valence electrons. The van der Waals surface area contributed by atoms with Crippen molar-refractivity contribution in [1.82, 2.24) is 4.98 Å². The van der Waals surface area contributed by atoms with Crippen molar-refractivity contribution in [3.8, 4) is 0 Å². The fourth-order valence-electron chi connectivity index (χ4n) is 1.34. The summed E-state index contributed by atoms with van der Waals surface area (Å²) in [4.78, 5) is 15.6. The van der Waals surface area contributed by atoms with Gasteiger partial charge in [0.05, 0.1) is 12.3 Å². The van der Waals surface area contributed by atoms with Gasteiger partial charge in [0.25, 0.3) is 0 Å². The minimum Gasteiger partial charge on any atom is -0.477 e. The van der Waals surface area contributed by atoms with E-state index in [0.29, 0.717) is 30.2 Å². The second-order valence-corrected chi connectivity index (χ2v) is 4.57. The van der Waals surface area contributed by atoms with Crippen LogP contribution in [0, 0.1) is 0 Å². The maximum absolute atomic E-state index is 11.0. The summed E-state index contributed by atoms with van der Waals surface area (Å²) in [6, 6.07) is 0. The van der Waals surface area contributed by atoms with Crippen molar-refractivity contribution in [3.05, 3.63) is 15.6 Å². The molecule has 4 nitrogen and oxygen atoms in total. The smallest absolute Gasteiger partial charge is 0.347 e. The van der Waals surface area contributed by atoms with Crippen LogP contribution in [0.25, 0.3) is 0 Å². The third-order valence-electron chi connectivity index (χ3n) is 2.00. The minimum atomic E-state index is -0.886. The summed E-state index contributed by atoms with van der Waals surface area (Å²) < 4.78 is 5.35. The number of carboxylic acids is 1. The Labute approximate surface area is 99.3 Å². The van der Waals surface area contributed by atoms with Crippen molar-refractivity contribution in [2.45, 2.75) is 39.7 Å². The standard InChI is InChI=1S/C11H17NO3S/c1-3-5-8-10(11(13)14)16-9(12-8)7-15-6-4-2/h3-7H2,1-2H3,(H,13,14). The first kappa shape index (κ1) is 13.1. The molecule has 0 radical (unpaired) electrons. The average molecular weight is 243 g/mol. The fourth-order valence-corrected chi connectivity index (χ4v) is 2.23. The number of carboxylic acid groups (broad SMARTS) is 1. The van der Waals surface area contributed by atoms with Gasteiger partial charge in [-0.15, -0.1) is 11.3 Å². The van der Waals surface area contributed by atoms with Gasteiger partial charge in [0.2, 0.25) is 0 Å². The molecule has 0 amide bonds. The molecule has 0 aliphatic carbocycles. The Kier molecular flexibility index (Phi) is 5.42. The predicted octanol–water partition coefficient (Wildman–Crippen LogP) is 2.72. The third kappa shape index (κ3) is 3.57. The third-order valence-corrected chi connectivity index (χ3v) is 3.06. The van der Waals surface area contributed by atoms with E-state index in [4.69, 9.17) is 9.84 Å². The number of nitrogens with zero attached hydrogens (tertiary/aromatic N) is 1. The second-order valence-electron chi connectivity index (χ2n) is 3.49. The number of aromatic carboxylic acids is 1. The van der Waals surface area contributed by atoms with Crippen LogP contribution in [0.4, 0.5) is 0 Å². The van der Waals surface area contributed by atoms with Crippen molar-refractivity contribution in [1.29, 1.82) is 0 Å². The van der Waals surface area contributed by atoms with Gasteiger partial charge in [0.15, 0.2) is 0 Å². The molecule has 0 saturated carbocycles. The Balaban J connectivity index is 2.72. The number of rotatable bonds is 7. The van der Waals surface area contributed by atoms with Crippen molar-refractivity contribution < 1.29 is 14.6 Å². The number of ether oxygens (including phenoxy) is 1. The molecule has 1 rings (SSSR count). The monoisotopic (exact) mass is 243 g/mol. The zero-order chi connectivity index (χ0) is 12.0. The van der Waals surface area contributed by atoms with Gasteiger partial charge in [0, 0.05) is 6.61 Å². The number of hydrogen-bond acceptors (Lipinski definition) is 4. The van der Waals surface area contributed by atoms with Crippen molar-refractivity contribution in [3.63, 3.8) is 0 Å². The van der Waals surface area contributed by atoms with Crippen molar-refractivity contribution in [2.24, 2.45) is 0 Å². The molecule has 1 heterocycles. The normalized spacial score (nSPS) is 10.6. The Morgan fingerprint density at radius 3 is 2.75 bits per heavy atom. The first-order chi connectivity index (χ1) is 7.69. The van der Waals surface area contributed by atoms with Gasteiger partial charge in [-0.2, -0.15) is 0 Å². The van der Waals surface area contributed by atoms with Crippen LogP contribution in [0.5, 0.6) is 0 Å². The van der Waals surface area contributed by atoms with E-state index in [0.717, 1.165) is 17.8 Å². The van der Waals surface area contributed by atoms with Gasteiger partial charge in [-0.3, -0.25) is 0 Å².